The van der Waals surface area contributed by atoms with Crippen LogP contribution in [0, 0.1) is 17.0 Å². The van der Waals surface area contributed by atoms with Crippen molar-refractivity contribution in [3.8, 4) is 0 Å². The van der Waals surface area contributed by atoms with Gasteiger partial charge in [0.05, 0.1) is 9.82 Å². The van der Waals surface area contributed by atoms with Gasteiger partial charge in [0.1, 0.15) is 0 Å². The van der Waals surface area contributed by atoms with Crippen molar-refractivity contribution in [2.75, 3.05) is 13.1 Å². The highest BCUT2D eigenvalue weighted by Crippen LogP contribution is 2.19. The number of aryl methyl sites for hydroxylation is 1. The maximum atomic E-state index is 12.1. The maximum Gasteiger partial charge on any atom is 0.287 e. The highest BCUT2D eigenvalue weighted by atomic mass is 79.9. The Morgan fingerprint density at radius 3 is 2.64 bits per heavy atom. The van der Waals surface area contributed by atoms with Crippen molar-refractivity contribution in [1.82, 2.24) is 10.0 Å². The lowest BCUT2D eigenvalue weighted by atomic mass is 10.3. The van der Waals surface area contributed by atoms with Gasteiger partial charge in [-0.15, -0.1) is 0 Å². The van der Waals surface area contributed by atoms with E-state index in [2.05, 4.69) is 26.0 Å². The van der Waals surface area contributed by atoms with Gasteiger partial charge in [0.2, 0.25) is 10.0 Å². The van der Waals surface area contributed by atoms with E-state index in [1.165, 1.54) is 18.2 Å². The number of non-ortho nitro benzene ring substituents is 1. The number of carbonyl (C=O) groups excluding carboxylic acids is 1. The fourth-order valence-electron chi connectivity index (χ4n) is 1.96. The number of hydrogen-bond donors (Lipinski definition) is 2. The van der Waals surface area contributed by atoms with E-state index in [1.54, 1.807) is 13.0 Å². The number of rotatable bonds is 7. The molecule has 1 amide bonds. The third-order valence-corrected chi connectivity index (χ3v) is 4.98. The Kier molecular flexibility index (Phi) is 5.93. The van der Waals surface area contributed by atoms with Crippen molar-refractivity contribution in [1.29, 1.82) is 0 Å². The van der Waals surface area contributed by atoms with Crippen LogP contribution in [0.2, 0.25) is 0 Å². The number of nitrogens with zero attached hydrogens (tertiary/aromatic N) is 1. The number of nitrogens with one attached hydrogen (secondary N) is 2. The van der Waals surface area contributed by atoms with Gasteiger partial charge in [0, 0.05) is 30.8 Å². The van der Waals surface area contributed by atoms with Crippen molar-refractivity contribution in [3.63, 3.8) is 0 Å². The third kappa shape index (κ3) is 4.87. The first-order valence-electron chi connectivity index (χ1n) is 6.99. The normalized spacial score (nSPS) is 11.3. The fourth-order valence-corrected chi connectivity index (χ4v) is 3.53. The van der Waals surface area contributed by atoms with Gasteiger partial charge < -0.3 is 9.73 Å². The minimum absolute atomic E-state index is 0.0186. The molecule has 0 saturated carbocycles. The van der Waals surface area contributed by atoms with Gasteiger partial charge in [-0.25, -0.2) is 13.1 Å². The molecule has 0 fully saturated rings. The first-order valence-corrected chi connectivity index (χ1v) is 9.26. The number of furan rings is 1. The molecule has 0 atom stereocenters. The Balaban J connectivity index is 1.92. The number of nitro groups is 1. The summed E-state index contributed by atoms with van der Waals surface area (Å²) >= 11 is 3.11. The molecule has 11 heteroatoms. The zero-order valence-corrected chi connectivity index (χ0v) is 15.4. The molecule has 2 aromatic rings. The summed E-state index contributed by atoms with van der Waals surface area (Å²) < 4.78 is 32.1. The highest BCUT2D eigenvalue weighted by molar-refractivity contribution is 9.10. The standard InChI is InChI=1S/C14H14BrN3O6S/c1-9-7-12(15)24-13(9)14(19)16-5-6-17-25(22,23)11-4-2-3-10(8-11)18(20)21/h2-4,7-8,17H,5-6H2,1H3,(H,16,19). The Morgan fingerprint density at radius 2 is 2.04 bits per heavy atom. The Hall–Kier alpha value is -2.24. The van der Waals surface area contributed by atoms with Gasteiger partial charge in [0.25, 0.3) is 11.6 Å². The summed E-state index contributed by atoms with van der Waals surface area (Å²) in [6.45, 7) is 1.64. The predicted molar refractivity (Wildman–Crippen MR) is 91.8 cm³/mol. The summed E-state index contributed by atoms with van der Waals surface area (Å²) in [4.78, 5) is 21.7. The molecule has 0 radical (unpaired) electrons. The summed E-state index contributed by atoms with van der Waals surface area (Å²) in [6.07, 6.45) is 0. The summed E-state index contributed by atoms with van der Waals surface area (Å²) in [6, 6.07) is 6.33. The van der Waals surface area contributed by atoms with Crippen LogP contribution in [0.25, 0.3) is 0 Å². The van der Waals surface area contributed by atoms with E-state index in [4.69, 9.17) is 4.42 Å². The zero-order chi connectivity index (χ0) is 18.6. The molecule has 0 unspecified atom stereocenters. The molecule has 0 aliphatic rings. The van der Waals surface area contributed by atoms with E-state index in [0.29, 0.717) is 10.2 Å². The summed E-state index contributed by atoms with van der Waals surface area (Å²) in [5.41, 5.74) is 0.316. The van der Waals surface area contributed by atoms with Crippen molar-refractivity contribution in [2.45, 2.75) is 11.8 Å². The lowest BCUT2D eigenvalue weighted by Crippen LogP contribution is -2.34. The molecule has 0 aliphatic heterocycles. The van der Waals surface area contributed by atoms with Crippen molar-refractivity contribution >= 4 is 37.5 Å². The molecular weight excluding hydrogens is 418 g/mol. The lowest BCUT2D eigenvalue weighted by molar-refractivity contribution is -0.385. The predicted octanol–water partition coefficient (Wildman–Crippen LogP) is 1.97. The van der Waals surface area contributed by atoms with Crippen LogP contribution in [0.4, 0.5) is 5.69 Å². The number of halogens is 1. The largest absolute Gasteiger partial charge is 0.444 e. The van der Waals surface area contributed by atoms with Crippen LogP contribution in [0.15, 0.2) is 44.3 Å². The Bertz CT molecular complexity index is 909. The number of benzene rings is 1. The van der Waals surface area contributed by atoms with Gasteiger partial charge in [-0.05, 0) is 35.0 Å². The van der Waals surface area contributed by atoms with Crippen molar-refractivity contribution < 1.29 is 22.6 Å². The molecule has 25 heavy (non-hydrogen) atoms. The molecule has 1 aromatic heterocycles. The second kappa shape index (κ2) is 7.76. The Labute approximate surface area is 151 Å². The van der Waals surface area contributed by atoms with Crippen LogP contribution in [0.1, 0.15) is 16.1 Å². The molecule has 2 N–H and O–H groups in total. The van der Waals surface area contributed by atoms with E-state index in [1.807, 2.05) is 0 Å². The first kappa shape index (κ1) is 19.1. The molecule has 1 aromatic carbocycles. The number of nitro benzene ring substituents is 1. The minimum atomic E-state index is -3.92. The van der Waals surface area contributed by atoms with Crippen LogP contribution < -0.4 is 10.0 Å². The summed E-state index contributed by atoms with van der Waals surface area (Å²) in [5.74, 6) is -0.342. The summed E-state index contributed by atoms with van der Waals surface area (Å²) in [7, 11) is -3.92. The monoisotopic (exact) mass is 431 g/mol. The fraction of sp³-hybridized carbons (Fsp3) is 0.214. The van der Waals surface area contributed by atoms with Crippen LogP contribution >= 0.6 is 15.9 Å². The van der Waals surface area contributed by atoms with Crippen LogP contribution in [0.5, 0.6) is 0 Å². The molecule has 0 bridgehead atoms. The topological polar surface area (TPSA) is 132 Å². The van der Waals surface area contributed by atoms with Crippen molar-refractivity contribution in [2.24, 2.45) is 0 Å². The average Bonchev–Trinajstić information content (AvgIpc) is 2.90. The quantitative estimate of drug-likeness (QED) is 0.391. The molecule has 0 aliphatic carbocycles. The van der Waals surface area contributed by atoms with Gasteiger partial charge in [-0.2, -0.15) is 0 Å². The zero-order valence-electron chi connectivity index (χ0n) is 13.0. The number of amides is 1. The van der Waals surface area contributed by atoms with E-state index in [-0.39, 0.29) is 29.4 Å². The van der Waals surface area contributed by atoms with Crippen LogP contribution in [-0.4, -0.2) is 32.3 Å². The average molecular weight is 432 g/mol. The van der Waals surface area contributed by atoms with E-state index < -0.39 is 20.9 Å². The Morgan fingerprint density at radius 1 is 1.32 bits per heavy atom. The van der Waals surface area contributed by atoms with Gasteiger partial charge >= 0.3 is 0 Å². The smallest absolute Gasteiger partial charge is 0.287 e. The van der Waals surface area contributed by atoms with Gasteiger partial charge in [-0.3, -0.25) is 14.9 Å². The second-order valence-electron chi connectivity index (χ2n) is 4.97. The SMILES string of the molecule is Cc1cc(Br)oc1C(=O)NCCNS(=O)(=O)c1cccc([N+](=O)[O-])c1. The molecular formula is C14H14BrN3O6S. The molecule has 9 nitrogen and oxygen atoms in total. The second-order valence-corrected chi connectivity index (χ2v) is 7.52. The minimum Gasteiger partial charge on any atom is -0.444 e. The van der Waals surface area contributed by atoms with Gasteiger partial charge in [-0.1, -0.05) is 6.07 Å². The molecule has 0 spiro atoms. The van der Waals surface area contributed by atoms with Crippen molar-refractivity contribution in [3.05, 3.63) is 56.4 Å². The molecule has 1 heterocycles. The van der Waals surface area contributed by atoms with Gasteiger partial charge in [0.15, 0.2) is 10.4 Å². The maximum absolute atomic E-state index is 12.1. The van der Waals surface area contributed by atoms with Crippen LogP contribution in [-0.2, 0) is 10.0 Å². The lowest BCUT2D eigenvalue weighted by Gasteiger charge is -2.07. The molecule has 2 rings (SSSR count). The third-order valence-electron chi connectivity index (χ3n) is 3.14. The number of carbonyl (C=O) groups is 1. The number of hydrogen-bond acceptors (Lipinski definition) is 6. The first-order chi connectivity index (χ1) is 11.7. The van der Waals surface area contributed by atoms with E-state index in [0.717, 1.165) is 6.07 Å². The molecule has 0 saturated heterocycles. The van der Waals surface area contributed by atoms with Crippen LogP contribution in [0.3, 0.4) is 0 Å². The van der Waals surface area contributed by atoms with E-state index >= 15 is 0 Å². The highest BCUT2D eigenvalue weighted by Gasteiger charge is 2.18. The molecule has 134 valence electrons. The number of sulfonamides is 1. The van der Waals surface area contributed by atoms with E-state index in [9.17, 15) is 23.3 Å². The summed E-state index contributed by atoms with van der Waals surface area (Å²) in [5, 5.41) is 13.2.